The van der Waals surface area contributed by atoms with Gasteiger partial charge in [0.15, 0.2) is 0 Å². The normalized spacial score (nSPS) is 25.0. The van der Waals surface area contributed by atoms with Gasteiger partial charge in [-0.3, -0.25) is 9.48 Å². The van der Waals surface area contributed by atoms with Crippen molar-refractivity contribution in [1.29, 1.82) is 0 Å². The van der Waals surface area contributed by atoms with Gasteiger partial charge in [0.05, 0.1) is 12.3 Å². The second kappa shape index (κ2) is 6.16. The molecule has 1 fully saturated rings. The van der Waals surface area contributed by atoms with Gasteiger partial charge in [0.1, 0.15) is 6.04 Å². The topological polar surface area (TPSA) is 93.2 Å². The van der Waals surface area contributed by atoms with Crippen molar-refractivity contribution in [2.45, 2.75) is 37.8 Å². The zero-order valence-electron chi connectivity index (χ0n) is 11.2. The molecule has 0 radical (unpaired) electrons. The Balaban J connectivity index is 1.78. The van der Waals surface area contributed by atoms with Crippen molar-refractivity contribution in [1.82, 2.24) is 15.1 Å². The van der Waals surface area contributed by atoms with E-state index in [4.69, 9.17) is 5.73 Å². The van der Waals surface area contributed by atoms with Crippen LogP contribution in [-0.4, -0.2) is 33.4 Å². The van der Waals surface area contributed by atoms with Crippen molar-refractivity contribution in [2.24, 2.45) is 18.7 Å². The van der Waals surface area contributed by atoms with Gasteiger partial charge in [-0.15, -0.1) is 0 Å². The average molecular weight is 266 g/mol. The Labute approximate surface area is 113 Å². The fourth-order valence-corrected chi connectivity index (χ4v) is 2.46. The molecule has 1 saturated carbocycles. The quantitative estimate of drug-likeness (QED) is 0.720. The maximum absolute atomic E-state index is 11.9. The van der Waals surface area contributed by atoms with Crippen LogP contribution in [-0.2, 0) is 11.8 Å². The van der Waals surface area contributed by atoms with Crippen molar-refractivity contribution >= 4 is 5.91 Å². The zero-order valence-corrected chi connectivity index (χ0v) is 11.2. The standard InChI is InChI=1S/C13H22N4O2/c1-17-8-10(7-16-17)12(14)13(19)15-6-9-2-4-11(18)5-3-9/h7-9,11-12,18H,2-6,14H2,1H3,(H,15,19). The molecule has 1 amide bonds. The van der Waals surface area contributed by atoms with Gasteiger partial charge in [0.25, 0.3) is 0 Å². The van der Waals surface area contributed by atoms with E-state index in [2.05, 4.69) is 10.4 Å². The summed E-state index contributed by atoms with van der Waals surface area (Å²) in [6, 6.07) is -0.664. The molecule has 106 valence electrons. The Morgan fingerprint density at radius 1 is 1.58 bits per heavy atom. The van der Waals surface area contributed by atoms with Gasteiger partial charge in [0.2, 0.25) is 5.91 Å². The van der Waals surface area contributed by atoms with Gasteiger partial charge >= 0.3 is 0 Å². The maximum atomic E-state index is 11.9. The highest BCUT2D eigenvalue weighted by molar-refractivity contribution is 5.82. The van der Waals surface area contributed by atoms with E-state index in [1.807, 2.05) is 0 Å². The lowest BCUT2D eigenvalue weighted by molar-refractivity contribution is -0.122. The van der Waals surface area contributed by atoms with Crippen molar-refractivity contribution in [3.63, 3.8) is 0 Å². The van der Waals surface area contributed by atoms with Gasteiger partial charge in [-0.1, -0.05) is 0 Å². The molecule has 1 aromatic heterocycles. The Morgan fingerprint density at radius 3 is 2.84 bits per heavy atom. The highest BCUT2D eigenvalue weighted by Gasteiger charge is 2.22. The largest absolute Gasteiger partial charge is 0.393 e. The molecule has 0 aliphatic heterocycles. The fourth-order valence-electron chi connectivity index (χ4n) is 2.46. The number of hydrogen-bond acceptors (Lipinski definition) is 4. The molecule has 1 heterocycles. The summed E-state index contributed by atoms with van der Waals surface area (Å²) < 4.78 is 1.63. The van der Waals surface area contributed by atoms with E-state index < -0.39 is 6.04 Å². The lowest BCUT2D eigenvalue weighted by atomic mass is 9.87. The molecule has 0 saturated heterocycles. The lowest BCUT2D eigenvalue weighted by Gasteiger charge is -2.25. The number of carbonyl (C=O) groups excluding carboxylic acids is 1. The molecule has 6 heteroatoms. The summed E-state index contributed by atoms with van der Waals surface area (Å²) in [5, 5.41) is 16.3. The number of aromatic nitrogens is 2. The molecule has 6 nitrogen and oxygen atoms in total. The van der Waals surface area contributed by atoms with E-state index in [0.717, 1.165) is 31.2 Å². The number of nitrogens with one attached hydrogen (secondary N) is 1. The predicted octanol–water partition coefficient (Wildman–Crippen LogP) is 0.0872. The molecule has 1 aliphatic rings. The lowest BCUT2D eigenvalue weighted by Crippen LogP contribution is -2.38. The van der Waals surface area contributed by atoms with Crippen molar-refractivity contribution < 1.29 is 9.90 Å². The summed E-state index contributed by atoms with van der Waals surface area (Å²) in [6.07, 6.45) is 6.78. The van der Waals surface area contributed by atoms with Crippen molar-refractivity contribution in [3.8, 4) is 0 Å². The molecule has 19 heavy (non-hydrogen) atoms. The Hall–Kier alpha value is -1.40. The molecular formula is C13H22N4O2. The molecule has 0 spiro atoms. The van der Waals surface area contributed by atoms with Crippen molar-refractivity contribution in [3.05, 3.63) is 18.0 Å². The summed E-state index contributed by atoms with van der Waals surface area (Å²) in [6.45, 7) is 0.638. The summed E-state index contributed by atoms with van der Waals surface area (Å²) in [5.74, 6) is 0.285. The average Bonchev–Trinajstić information content (AvgIpc) is 2.83. The number of amides is 1. The summed E-state index contributed by atoms with van der Waals surface area (Å²) in [4.78, 5) is 11.9. The highest BCUT2D eigenvalue weighted by atomic mass is 16.3. The molecule has 0 aromatic carbocycles. The van der Waals surface area contributed by atoms with Crippen LogP contribution in [0.1, 0.15) is 37.3 Å². The third-order valence-corrected chi connectivity index (χ3v) is 3.75. The Morgan fingerprint density at radius 2 is 2.26 bits per heavy atom. The minimum atomic E-state index is -0.664. The maximum Gasteiger partial charge on any atom is 0.241 e. The number of aliphatic hydroxyl groups excluding tert-OH is 1. The van der Waals surface area contributed by atoms with Crippen molar-refractivity contribution in [2.75, 3.05) is 6.54 Å². The van der Waals surface area contributed by atoms with Crippen LogP contribution in [0.2, 0.25) is 0 Å². The first-order valence-electron chi connectivity index (χ1n) is 6.76. The van der Waals surface area contributed by atoms with Gasteiger partial charge in [-0.05, 0) is 31.6 Å². The molecule has 2 rings (SSSR count). The number of aryl methyl sites for hydroxylation is 1. The molecule has 1 aliphatic carbocycles. The van der Waals surface area contributed by atoms with E-state index >= 15 is 0 Å². The third-order valence-electron chi connectivity index (χ3n) is 3.75. The van der Waals surface area contributed by atoms with E-state index in [1.165, 1.54) is 0 Å². The number of carbonyl (C=O) groups is 1. The molecule has 1 unspecified atom stereocenters. The Kier molecular flexibility index (Phi) is 4.55. The molecular weight excluding hydrogens is 244 g/mol. The highest BCUT2D eigenvalue weighted by Crippen LogP contribution is 2.23. The fraction of sp³-hybridized carbons (Fsp3) is 0.692. The molecule has 4 N–H and O–H groups in total. The number of nitrogens with zero attached hydrogens (tertiary/aromatic N) is 2. The monoisotopic (exact) mass is 266 g/mol. The first-order chi connectivity index (χ1) is 9.06. The van der Waals surface area contributed by atoms with E-state index in [-0.39, 0.29) is 12.0 Å². The summed E-state index contributed by atoms with van der Waals surface area (Å²) >= 11 is 0. The van der Waals surface area contributed by atoms with Crippen LogP contribution in [0.25, 0.3) is 0 Å². The number of hydrogen-bond donors (Lipinski definition) is 3. The number of rotatable bonds is 4. The first-order valence-corrected chi connectivity index (χ1v) is 6.76. The van der Waals surface area contributed by atoms with Crippen LogP contribution >= 0.6 is 0 Å². The van der Waals surface area contributed by atoms with Crippen LogP contribution < -0.4 is 11.1 Å². The van der Waals surface area contributed by atoms with Crippen LogP contribution in [0, 0.1) is 5.92 Å². The summed E-state index contributed by atoms with van der Waals surface area (Å²) in [5.41, 5.74) is 6.61. The summed E-state index contributed by atoms with van der Waals surface area (Å²) in [7, 11) is 1.79. The number of nitrogens with two attached hydrogens (primary N) is 1. The molecule has 0 bridgehead atoms. The van der Waals surface area contributed by atoms with E-state index in [1.54, 1.807) is 24.1 Å². The predicted molar refractivity (Wildman–Crippen MR) is 71.1 cm³/mol. The second-order valence-corrected chi connectivity index (χ2v) is 5.34. The van der Waals surface area contributed by atoms with Crippen LogP contribution in [0.3, 0.4) is 0 Å². The van der Waals surface area contributed by atoms with E-state index in [9.17, 15) is 9.90 Å². The molecule has 1 aromatic rings. The van der Waals surface area contributed by atoms with E-state index in [0.29, 0.717) is 12.5 Å². The van der Waals surface area contributed by atoms with Crippen LogP contribution in [0.5, 0.6) is 0 Å². The third kappa shape index (κ3) is 3.78. The minimum Gasteiger partial charge on any atom is -0.393 e. The zero-order chi connectivity index (χ0) is 13.8. The number of aliphatic hydroxyl groups is 1. The van der Waals surface area contributed by atoms with Crippen LogP contribution in [0.4, 0.5) is 0 Å². The molecule has 1 atom stereocenters. The SMILES string of the molecule is Cn1cc(C(N)C(=O)NCC2CCC(O)CC2)cn1. The Bertz CT molecular complexity index is 424. The smallest absolute Gasteiger partial charge is 0.241 e. The van der Waals surface area contributed by atoms with Gasteiger partial charge in [-0.25, -0.2) is 0 Å². The van der Waals surface area contributed by atoms with Gasteiger partial charge < -0.3 is 16.2 Å². The minimum absolute atomic E-state index is 0.162. The van der Waals surface area contributed by atoms with Gasteiger partial charge in [0, 0.05) is 25.4 Å². The van der Waals surface area contributed by atoms with Gasteiger partial charge in [-0.2, -0.15) is 5.10 Å². The second-order valence-electron chi connectivity index (χ2n) is 5.34. The first kappa shape index (κ1) is 14.0. The van der Waals surface area contributed by atoms with Crippen LogP contribution in [0.15, 0.2) is 12.4 Å².